The Labute approximate surface area is 185 Å². The summed E-state index contributed by atoms with van der Waals surface area (Å²) in [5.74, 6) is 0.151. The highest BCUT2D eigenvalue weighted by molar-refractivity contribution is 6.36. The van der Waals surface area contributed by atoms with Gasteiger partial charge in [0.2, 0.25) is 5.88 Å². The van der Waals surface area contributed by atoms with Crippen molar-refractivity contribution in [3.8, 4) is 17.1 Å². The summed E-state index contributed by atoms with van der Waals surface area (Å²) in [6.07, 6.45) is -0.425. The summed E-state index contributed by atoms with van der Waals surface area (Å²) in [5.41, 5.74) is 3.31. The van der Waals surface area contributed by atoms with E-state index in [4.69, 9.17) is 27.9 Å². The molecule has 0 radical (unpaired) electrons. The zero-order chi connectivity index (χ0) is 21.1. The number of hydrogen-bond acceptors (Lipinski definition) is 5. The van der Waals surface area contributed by atoms with E-state index in [9.17, 15) is 4.79 Å². The topological polar surface area (TPSA) is 58.6 Å². The van der Waals surface area contributed by atoms with E-state index < -0.39 is 6.09 Å². The number of carbonyl (C=O) groups is 1. The van der Waals surface area contributed by atoms with Crippen LogP contribution in [0, 0.1) is 6.92 Å². The van der Waals surface area contributed by atoms with E-state index in [0.717, 1.165) is 29.9 Å². The van der Waals surface area contributed by atoms with E-state index in [1.165, 1.54) is 0 Å². The van der Waals surface area contributed by atoms with Gasteiger partial charge in [-0.15, -0.1) is 10.2 Å². The summed E-state index contributed by atoms with van der Waals surface area (Å²) < 4.78 is 5.39. The number of anilines is 1. The molecule has 0 spiro atoms. The fourth-order valence-corrected chi connectivity index (χ4v) is 3.75. The molecular formula is C22H20Cl2N4O2. The molecule has 0 unspecified atom stereocenters. The van der Waals surface area contributed by atoms with Crippen molar-refractivity contribution in [2.75, 3.05) is 31.1 Å². The Morgan fingerprint density at radius 2 is 1.60 bits per heavy atom. The third-order valence-corrected chi connectivity index (χ3v) is 5.85. The maximum absolute atomic E-state index is 12.5. The number of rotatable bonds is 3. The normalized spacial score (nSPS) is 14.0. The average Bonchev–Trinajstić information content (AvgIpc) is 2.78. The van der Waals surface area contributed by atoms with Crippen LogP contribution in [-0.4, -0.2) is 47.4 Å². The Balaban J connectivity index is 1.36. The SMILES string of the molecule is Cc1c(Cl)cc(-c2ccc(OC(=O)N3CCN(c4ccccc4)CC3)nn2)cc1Cl. The van der Waals surface area contributed by atoms with E-state index >= 15 is 0 Å². The minimum absolute atomic E-state index is 0.151. The zero-order valence-corrected chi connectivity index (χ0v) is 17.9. The van der Waals surface area contributed by atoms with Crippen molar-refractivity contribution < 1.29 is 9.53 Å². The van der Waals surface area contributed by atoms with Gasteiger partial charge in [-0.3, -0.25) is 0 Å². The number of hydrogen-bond donors (Lipinski definition) is 0. The molecule has 0 aliphatic carbocycles. The molecule has 1 amide bonds. The third kappa shape index (κ3) is 4.50. The number of halogens is 2. The van der Waals surface area contributed by atoms with Crippen LogP contribution in [0.15, 0.2) is 54.6 Å². The summed E-state index contributed by atoms with van der Waals surface area (Å²) in [4.78, 5) is 16.4. The standard InChI is InChI=1S/C22H20Cl2N4O2/c1-15-18(23)13-16(14-19(15)24)20-7-8-21(26-25-20)30-22(29)28-11-9-27(10-12-28)17-5-3-2-4-6-17/h2-8,13-14H,9-12H2,1H3. The fraction of sp³-hybridized carbons (Fsp3) is 0.227. The van der Waals surface area contributed by atoms with Gasteiger partial charge in [0.1, 0.15) is 0 Å². The van der Waals surface area contributed by atoms with Gasteiger partial charge in [-0.25, -0.2) is 4.79 Å². The number of benzene rings is 2. The summed E-state index contributed by atoms with van der Waals surface area (Å²) in [6, 6.07) is 17.1. The Bertz CT molecular complexity index is 1010. The van der Waals surface area contributed by atoms with Crippen LogP contribution in [0.25, 0.3) is 11.3 Å². The number of carbonyl (C=O) groups excluding carboxylic acids is 1. The molecule has 1 aromatic heterocycles. The van der Waals surface area contributed by atoms with Gasteiger partial charge >= 0.3 is 6.09 Å². The van der Waals surface area contributed by atoms with E-state index in [1.807, 2.05) is 25.1 Å². The largest absolute Gasteiger partial charge is 0.416 e. The predicted molar refractivity (Wildman–Crippen MR) is 118 cm³/mol. The second-order valence-corrected chi connectivity index (χ2v) is 7.81. The van der Waals surface area contributed by atoms with Gasteiger partial charge in [-0.1, -0.05) is 41.4 Å². The van der Waals surface area contributed by atoms with Crippen molar-refractivity contribution >= 4 is 35.0 Å². The van der Waals surface area contributed by atoms with Crippen LogP contribution in [0.2, 0.25) is 10.0 Å². The lowest BCUT2D eigenvalue weighted by molar-refractivity contribution is 0.147. The van der Waals surface area contributed by atoms with Crippen LogP contribution in [0.3, 0.4) is 0 Å². The van der Waals surface area contributed by atoms with Crippen LogP contribution in [-0.2, 0) is 0 Å². The van der Waals surface area contributed by atoms with Crippen molar-refractivity contribution in [1.82, 2.24) is 15.1 Å². The average molecular weight is 443 g/mol. The molecule has 2 heterocycles. The molecule has 3 aromatic rings. The lowest BCUT2D eigenvalue weighted by atomic mass is 10.1. The maximum atomic E-state index is 12.5. The van der Waals surface area contributed by atoms with Crippen molar-refractivity contribution in [3.63, 3.8) is 0 Å². The number of nitrogens with zero attached hydrogens (tertiary/aromatic N) is 4. The van der Waals surface area contributed by atoms with E-state index in [2.05, 4.69) is 27.2 Å². The van der Waals surface area contributed by atoms with Crippen molar-refractivity contribution in [3.05, 3.63) is 70.2 Å². The lowest BCUT2D eigenvalue weighted by Gasteiger charge is -2.35. The first kappa shape index (κ1) is 20.4. The zero-order valence-electron chi connectivity index (χ0n) is 16.4. The second kappa shape index (κ2) is 8.90. The quantitative estimate of drug-likeness (QED) is 0.565. The van der Waals surface area contributed by atoms with Gasteiger partial charge in [-0.2, -0.15) is 0 Å². The summed E-state index contributed by atoms with van der Waals surface area (Å²) in [6.45, 7) is 4.51. The minimum Gasteiger partial charge on any atom is -0.389 e. The van der Waals surface area contributed by atoms with Crippen LogP contribution < -0.4 is 9.64 Å². The Hall–Kier alpha value is -2.83. The fourth-order valence-electron chi connectivity index (χ4n) is 3.26. The van der Waals surface area contributed by atoms with Crippen LogP contribution in [0.5, 0.6) is 5.88 Å². The Kier molecular flexibility index (Phi) is 6.06. The molecule has 1 aliphatic rings. The first-order valence-electron chi connectivity index (χ1n) is 9.58. The van der Waals surface area contributed by atoms with Crippen LogP contribution in [0.1, 0.15) is 5.56 Å². The van der Waals surface area contributed by atoms with Gasteiger partial charge in [-0.05, 0) is 42.8 Å². The molecule has 1 saturated heterocycles. The number of aromatic nitrogens is 2. The van der Waals surface area contributed by atoms with Gasteiger partial charge < -0.3 is 14.5 Å². The molecule has 2 aromatic carbocycles. The minimum atomic E-state index is -0.425. The second-order valence-electron chi connectivity index (χ2n) is 7.00. The smallest absolute Gasteiger partial charge is 0.389 e. The van der Waals surface area contributed by atoms with Crippen molar-refractivity contribution in [2.24, 2.45) is 0 Å². The number of amides is 1. The maximum Gasteiger partial charge on any atom is 0.416 e. The summed E-state index contributed by atoms with van der Waals surface area (Å²) in [5, 5.41) is 9.28. The molecular weight excluding hydrogens is 423 g/mol. The summed E-state index contributed by atoms with van der Waals surface area (Å²) >= 11 is 12.4. The Morgan fingerprint density at radius 1 is 0.933 bits per heavy atom. The number of piperazine rings is 1. The van der Waals surface area contributed by atoms with Crippen molar-refractivity contribution in [2.45, 2.75) is 6.92 Å². The van der Waals surface area contributed by atoms with Gasteiger partial charge in [0, 0.05) is 53.5 Å². The van der Waals surface area contributed by atoms with Crippen molar-refractivity contribution in [1.29, 1.82) is 0 Å². The summed E-state index contributed by atoms with van der Waals surface area (Å²) in [7, 11) is 0. The highest BCUT2D eigenvalue weighted by atomic mass is 35.5. The Morgan fingerprint density at radius 3 is 2.20 bits per heavy atom. The highest BCUT2D eigenvalue weighted by Gasteiger charge is 2.23. The van der Waals surface area contributed by atoms with Gasteiger partial charge in [0.25, 0.3) is 0 Å². The molecule has 154 valence electrons. The van der Waals surface area contributed by atoms with E-state index in [-0.39, 0.29) is 5.88 Å². The molecule has 6 nitrogen and oxygen atoms in total. The molecule has 0 saturated carbocycles. The van der Waals surface area contributed by atoms with E-state index in [1.54, 1.807) is 29.2 Å². The predicted octanol–water partition coefficient (Wildman–Crippen LogP) is 5.08. The molecule has 4 rings (SSSR count). The molecule has 1 fully saturated rings. The molecule has 1 aliphatic heterocycles. The molecule has 30 heavy (non-hydrogen) atoms. The molecule has 8 heteroatoms. The first-order chi connectivity index (χ1) is 14.5. The van der Waals surface area contributed by atoms with E-state index in [0.29, 0.717) is 28.8 Å². The molecule has 0 N–H and O–H groups in total. The lowest BCUT2D eigenvalue weighted by Crippen LogP contribution is -2.49. The number of para-hydroxylation sites is 1. The molecule has 0 bridgehead atoms. The first-order valence-corrected chi connectivity index (χ1v) is 10.3. The monoisotopic (exact) mass is 442 g/mol. The highest BCUT2D eigenvalue weighted by Crippen LogP contribution is 2.30. The number of ether oxygens (including phenoxy) is 1. The van der Waals surface area contributed by atoms with Gasteiger partial charge in [0.15, 0.2) is 0 Å². The molecule has 0 atom stereocenters. The third-order valence-electron chi connectivity index (χ3n) is 5.07. The van der Waals surface area contributed by atoms with Crippen LogP contribution in [0.4, 0.5) is 10.5 Å². The van der Waals surface area contributed by atoms with Gasteiger partial charge in [0.05, 0.1) is 5.69 Å². The van der Waals surface area contributed by atoms with Crippen LogP contribution >= 0.6 is 23.2 Å².